The van der Waals surface area contributed by atoms with E-state index in [0.29, 0.717) is 18.5 Å². The van der Waals surface area contributed by atoms with Crippen molar-refractivity contribution >= 4 is 0 Å². The van der Waals surface area contributed by atoms with Gasteiger partial charge < -0.3 is 4.74 Å². The molecule has 5 heteroatoms. The van der Waals surface area contributed by atoms with Crippen molar-refractivity contribution < 1.29 is 4.74 Å². The molecule has 2 rings (SSSR count). The number of nitrogens with zero attached hydrogens (tertiary/aromatic N) is 1. The molecule has 1 saturated heterocycles. The normalized spacial score (nSPS) is 20.4. The molecular weight excluding hydrogens is 220 g/mol. The van der Waals surface area contributed by atoms with Gasteiger partial charge in [0, 0.05) is 18.4 Å². The first kappa shape index (κ1) is 12.1. The van der Waals surface area contributed by atoms with Gasteiger partial charge in [-0.1, -0.05) is 6.92 Å². The molecule has 0 bridgehead atoms. The van der Waals surface area contributed by atoms with Crippen LogP contribution in [0.5, 0.6) is 0 Å². The summed E-state index contributed by atoms with van der Waals surface area (Å²) in [5.74, 6) is 0. The van der Waals surface area contributed by atoms with Crippen LogP contribution in [0.2, 0.25) is 0 Å². The summed E-state index contributed by atoms with van der Waals surface area (Å²) in [7, 11) is 0. The van der Waals surface area contributed by atoms with Gasteiger partial charge in [0.25, 0.3) is 5.56 Å². The Morgan fingerprint density at radius 3 is 2.94 bits per heavy atom. The molecule has 1 N–H and O–H groups in total. The standard InChI is InChI=1S/C12H18N2O3/c1-2-9-7-14(12(16)13-11(9)15)8-10-5-3-4-6-17-10/h7,10H,2-6,8H2,1H3,(H,13,15,16). The maximum absolute atomic E-state index is 11.6. The van der Waals surface area contributed by atoms with E-state index in [1.54, 1.807) is 10.8 Å². The van der Waals surface area contributed by atoms with E-state index in [1.807, 2.05) is 6.92 Å². The molecule has 0 aliphatic carbocycles. The van der Waals surface area contributed by atoms with Gasteiger partial charge in [-0.2, -0.15) is 0 Å². The summed E-state index contributed by atoms with van der Waals surface area (Å²) in [4.78, 5) is 25.4. The van der Waals surface area contributed by atoms with Crippen LogP contribution in [0.4, 0.5) is 0 Å². The van der Waals surface area contributed by atoms with Crippen LogP contribution < -0.4 is 11.2 Å². The van der Waals surface area contributed by atoms with Crippen LogP contribution in [-0.2, 0) is 17.7 Å². The van der Waals surface area contributed by atoms with E-state index in [0.717, 1.165) is 25.9 Å². The maximum Gasteiger partial charge on any atom is 0.328 e. The lowest BCUT2D eigenvalue weighted by atomic mass is 10.1. The third-order valence-corrected chi connectivity index (χ3v) is 3.14. The number of hydrogen-bond donors (Lipinski definition) is 1. The number of aryl methyl sites for hydroxylation is 1. The van der Waals surface area contributed by atoms with E-state index in [2.05, 4.69) is 4.98 Å². The fraction of sp³-hybridized carbons (Fsp3) is 0.667. The van der Waals surface area contributed by atoms with Crippen LogP contribution in [0, 0.1) is 0 Å². The van der Waals surface area contributed by atoms with Crippen molar-refractivity contribution in [2.24, 2.45) is 0 Å². The summed E-state index contributed by atoms with van der Waals surface area (Å²) in [5.41, 5.74) is 0.0140. The van der Waals surface area contributed by atoms with Crippen LogP contribution in [0.25, 0.3) is 0 Å². The van der Waals surface area contributed by atoms with E-state index >= 15 is 0 Å². The monoisotopic (exact) mass is 238 g/mol. The molecule has 0 amide bonds. The SMILES string of the molecule is CCc1cn(CC2CCCCO2)c(=O)[nH]c1=O. The number of aromatic nitrogens is 2. The Kier molecular flexibility index (Phi) is 3.78. The molecule has 17 heavy (non-hydrogen) atoms. The van der Waals surface area contributed by atoms with Crippen LogP contribution >= 0.6 is 0 Å². The third kappa shape index (κ3) is 2.85. The molecule has 0 saturated carbocycles. The first-order valence-corrected chi connectivity index (χ1v) is 6.15. The van der Waals surface area contributed by atoms with Gasteiger partial charge in [0.1, 0.15) is 0 Å². The number of H-pyrrole nitrogens is 1. The van der Waals surface area contributed by atoms with Crippen molar-refractivity contribution in [2.45, 2.75) is 45.3 Å². The molecule has 1 unspecified atom stereocenters. The zero-order valence-corrected chi connectivity index (χ0v) is 10.1. The Morgan fingerprint density at radius 2 is 2.29 bits per heavy atom. The third-order valence-electron chi connectivity index (χ3n) is 3.14. The predicted octanol–water partition coefficient (Wildman–Crippen LogP) is 0.668. The zero-order chi connectivity index (χ0) is 12.3. The van der Waals surface area contributed by atoms with E-state index in [4.69, 9.17) is 4.74 Å². The molecule has 0 spiro atoms. The van der Waals surface area contributed by atoms with Crippen molar-refractivity contribution in [3.8, 4) is 0 Å². The molecule has 0 radical (unpaired) electrons. The summed E-state index contributed by atoms with van der Waals surface area (Å²) in [6.07, 6.45) is 5.59. The molecule has 1 aliphatic heterocycles. The van der Waals surface area contributed by atoms with Crippen molar-refractivity contribution in [3.05, 3.63) is 32.6 Å². The average Bonchev–Trinajstić information content (AvgIpc) is 2.34. The Bertz CT molecular complexity index is 483. The largest absolute Gasteiger partial charge is 0.376 e. The lowest BCUT2D eigenvalue weighted by Crippen LogP contribution is -2.36. The smallest absolute Gasteiger partial charge is 0.328 e. The Hall–Kier alpha value is -1.36. The Labute approximate surface area is 99.4 Å². The topological polar surface area (TPSA) is 64.1 Å². The van der Waals surface area contributed by atoms with E-state index < -0.39 is 0 Å². The Morgan fingerprint density at radius 1 is 1.47 bits per heavy atom. The molecule has 94 valence electrons. The van der Waals surface area contributed by atoms with Crippen LogP contribution in [0.15, 0.2) is 15.8 Å². The number of hydrogen-bond acceptors (Lipinski definition) is 3. The average molecular weight is 238 g/mol. The lowest BCUT2D eigenvalue weighted by Gasteiger charge is -2.23. The van der Waals surface area contributed by atoms with Gasteiger partial charge in [-0.25, -0.2) is 4.79 Å². The Balaban J connectivity index is 2.19. The van der Waals surface area contributed by atoms with Crippen LogP contribution in [-0.4, -0.2) is 22.3 Å². The first-order chi connectivity index (χ1) is 8.20. The van der Waals surface area contributed by atoms with Crippen molar-refractivity contribution in [1.29, 1.82) is 0 Å². The second-order valence-electron chi connectivity index (χ2n) is 4.41. The highest BCUT2D eigenvalue weighted by Gasteiger charge is 2.15. The minimum absolute atomic E-state index is 0.0945. The van der Waals surface area contributed by atoms with Crippen molar-refractivity contribution in [1.82, 2.24) is 9.55 Å². The zero-order valence-electron chi connectivity index (χ0n) is 10.1. The lowest BCUT2D eigenvalue weighted by molar-refractivity contribution is 0.00515. The fourth-order valence-electron chi connectivity index (χ4n) is 2.11. The molecule has 5 nitrogen and oxygen atoms in total. The predicted molar refractivity (Wildman–Crippen MR) is 64.3 cm³/mol. The molecular formula is C12H18N2O3. The highest BCUT2D eigenvalue weighted by molar-refractivity contribution is 5.03. The molecule has 1 atom stereocenters. The van der Waals surface area contributed by atoms with Gasteiger partial charge in [0.05, 0.1) is 12.6 Å². The van der Waals surface area contributed by atoms with E-state index in [9.17, 15) is 9.59 Å². The van der Waals surface area contributed by atoms with E-state index in [1.165, 1.54) is 0 Å². The van der Waals surface area contributed by atoms with Crippen LogP contribution in [0.3, 0.4) is 0 Å². The summed E-state index contributed by atoms with van der Waals surface area (Å²) in [5, 5.41) is 0. The van der Waals surface area contributed by atoms with Gasteiger partial charge in [0.2, 0.25) is 0 Å². The minimum atomic E-state index is -0.346. The number of nitrogens with one attached hydrogen (secondary N) is 1. The first-order valence-electron chi connectivity index (χ1n) is 6.15. The van der Waals surface area contributed by atoms with Gasteiger partial charge in [-0.3, -0.25) is 14.3 Å². The van der Waals surface area contributed by atoms with Gasteiger partial charge >= 0.3 is 5.69 Å². The fourth-order valence-corrected chi connectivity index (χ4v) is 2.11. The van der Waals surface area contributed by atoms with Crippen LogP contribution in [0.1, 0.15) is 31.7 Å². The van der Waals surface area contributed by atoms with Gasteiger partial charge in [0.15, 0.2) is 0 Å². The second-order valence-corrected chi connectivity index (χ2v) is 4.41. The number of rotatable bonds is 3. The highest BCUT2D eigenvalue weighted by Crippen LogP contribution is 2.13. The maximum atomic E-state index is 11.6. The number of ether oxygens (including phenoxy) is 1. The molecule has 0 aromatic carbocycles. The second kappa shape index (κ2) is 5.31. The molecule has 1 fully saturated rings. The summed E-state index contributed by atoms with van der Waals surface area (Å²) >= 11 is 0. The minimum Gasteiger partial charge on any atom is -0.376 e. The molecule has 2 heterocycles. The number of aromatic amines is 1. The van der Waals surface area contributed by atoms with Crippen molar-refractivity contribution in [3.63, 3.8) is 0 Å². The van der Waals surface area contributed by atoms with Gasteiger partial charge in [-0.15, -0.1) is 0 Å². The summed E-state index contributed by atoms with van der Waals surface area (Å²) < 4.78 is 7.14. The van der Waals surface area contributed by atoms with Crippen molar-refractivity contribution in [2.75, 3.05) is 6.61 Å². The van der Waals surface area contributed by atoms with Gasteiger partial charge in [-0.05, 0) is 25.7 Å². The highest BCUT2D eigenvalue weighted by atomic mass is 16.5. The molecule has 1 aromatic heterocycles. The molecule has 1 aliphatic rings. The summed E-state index contributed by atoms with van der Waals surface area (Å²) in [6.45, 7) is 3.20. The molecule has 1 aromatic rings. The summed E-state index contributed by atoms with van der Waals surface area (Å²) in [6, 6.07) is 0. The quantitative estimate of drug-likeness (QED) is 0.841. The van der Waals surface area contributed by atoms with E-state index in [-0.39, 0.29) is 17.4 Å².